The normalized spacial score (nSPS) is 12.1. The average molecular weight is 350 g/mol. The second-order valence-corrected chi connectivity index (χ2v) is 6.34. The SMILES string of the molecule is CNC(C)Cc1noc(CSc2ccc3ccccc3c2)n1.Cl. The Morgan fingerprint density at radius 2 is 1.96 bits per heavy atom. The van der Waals surface area contributed by atoms with Gasteiger partial charge in [-0.2, -0.15) is 4.98 Å². The number of fused-ring (bicyclic) bond motifs is 1. The summed E-state index contributed by atoms with van der Waals surface area (Å²) < 4.78 is 5.31. The highest BCUT2D eigenvalue weighted by atomic mass is 35.5. The molecule has 6 heteroatoms. The molecule has 1 unspecified atom stereocenters. The Balaban J connectivity index is 0.00000192. The maximum absolute atomic E-state index is 5.31. The summed E-state index contributed by atoms with van der Waals surface area (Å²) in [6, 6.07) is 15.2. The van der Waals surface area contributed by atoms with Crippen molar-refractivity contribution < 1.29 is 4.52 Å². The number of benzene rings is 2. The van der Waals surface area contributed by atoms with Gasteiger partial charge in [0, 0.05) is 17.4 Å². The summed E-state index contributed by atoms with van der Waals surface area (Å²) in [5, 5.41) is 9.71. The van der Waals surface area contributed by atoms with Gasteiger partial charge in [0.2, 0.25) is 5.89 Å². The Hall–Kier alpha value is -1.56. The summed E-state index contributed by atoms with van der Waals surface area (Å²) in [5.41, 5.74) is 0. The van der Waals surface area contributed by atoms with E-state index >= 15 is 0 Å². The fraction of sp³-hybridized carbons (Fsp3) is 0.294. The number of halogens is 1. The van der Waals surface area contributed by atoms with Crippen LogP contribution < -0.4 is 5.32 Å². The standard InChI is InChI=1S/C17H19N3OS.ClH/c1-12(18-2)9-16-19-17(21-20-16)11-22-15-8-7-13-5-3-4-6-14(13)10-15;/h3-8,10,12,18H,9,11H2,1-2H3;1H. The lowest BCUT2D eigenvalue weighted by Crippen LogP contribution is -2.24. The molecule has 0 aliphatic rings. The fourth-order valence-electron chi connectivity index (χ4n) is 2.21. The number of rotatable bonds is 6. The van der Waals surface area contributed by atoms with Crippen molar-refractivity contribution in [2.75, 3.05) is 7.05 Å². The Kier molecular flexibility index (Phi) is 6.45. The van der Waals surface area contributed by atoms with E-state index in [0.717, 1.165) is 12.2 Å². The number of nitrogens with zero attached hydrogens (tertiary/aromatic N) is 2. The first-order valence-corrected chi connectivity index (χ1v) is 8.33. The van der Waals surface area contributed by atoms with Crippen molar-refractivity contribution in [2.24, 2.45) is 0 Å². The van der Waals surface area contributed by atoms with Crippen LogP contribution in [0.4, 0.5) is 0 Å². The fourth-order valence-corrected chi connectivity index (χ4v) is 2.99. The second-order valence-electron chi connectivity index (χ2n) is 5.30. The number of hydrogen-bond donors (Lipinski definition) is 1. The van der Waals surface area contributed by atoms with Crippen molar-refractivity contribution in [3.63, 3.8) is 0 Å². The van der Waals surface area contributed by atoms with E-state index < -0.39 is 0 Å². The molecule has 1 atom stereocenters. The highest BCUT2D eigenvalue weighted by Gasteiger charge is 2.09. The van der Waals surface area contributed by atoms with E-state index in [4.69, 9.17) is 4.52 Å². The Morgan fingerprint density at radius 3 is 2.74 bits per heavy atom. The first kappa shape index (κ1) is 17.8. The summed E-state index contributed by atoms with van der Waals surface area (Å²) in [6.07, 6.45) is 0.778. The van der Waals surface area contributed by atoms with E-state index in [1.54, 1.807) is 11.8 Å². The molecule has 0 aliphatic carbocycles. The number of aromatic nitrogens is 2. The van der Waals surface area contributed by atoms with Gasteiger partial charge < -0.3 is 9.84 Å². The molecule has 23 heavy (non-hydrogen) atoms. The third kappa shape index (κ3) is 4.70. The van der Waals surface area contributed by atoms with Crippen LogP contribution >= 0.6 is 24.2 Å². The van der Waals surface area contributed by atoms with Crippen LogP contribution in [0.15, 0.2) is 51.9 Å². The van der Waals surface area contributed by atoms with E-state index in [0.29, 0.717) is 17.7 Å². The minimum absolute atomic E-state index is 0. The van der Waals surface area contributed by atoms with Gasteiger partial charge in [0.1, 0.15) is 0 Å². The van der Waals surface area contributed by atoms with Gasteiger partial charge in [0.15, 0.2) is 5.82 Å². The van der Waals surface area contributed by atoms with E-state index in [1.165, 1.54) is 15.7 Å². The molecule has 1 N–H and O–H groups in total. The zero-order valence-electron chi connectivity index (χ0n) is 13.2. The van der Waals surface area contributed by atoms with Crippen LogP contribution in [0.2, 0.25) is 0 Å². The number of nitrogens with one attached hydrogen (secondary N) is 1. The average Bonchev–Trinajstić information content (AvgIpc) is 3.00. The summed E-state index contributed by atoms with van der Waals surface area (Å²) in [6.45, 7) is 2.10. The van der Waals surface area contributed by atoms with Crippen LogP contribution in [0.1, 0.15) is 18.6 Å². The molecule has 0 saturated heterocycles. The molecular formula is C17H20ClN3OS. The minimum atomic E-state index is 0. The van der Waals surface area contributed by atoms with Gasteiger partial charge in [-0.25, -0.2) is 0 Å². The largest absolute Gasteiger partial charge is 0.338 e. The number of thioether (sulfide) groups is 1. The molecule has 0 bridgehead atoms. The molecule has 1 heterocycles. The van der Waals surface area contributed by atoms with E-state index in [-0.39, 0.29) is 12.4 Å². The number of likely N-dealkylation sites (N-methyl/N-ethyl adjacent to an activating group) is 1. The van der Waals surface area contributed by atoms with Crippen molar-refractivity contribution >= 4 is 34.9 Å². The lowest BCUT2D eigenvalue weighted by molar-refractivity contribution is 0.382. The molecule has 3 rings (SSSR count). The third-order valence-corrected chi connectivity index (χ3v) is 4.55. The topological polar surface area (TPSA) is 51.0 Å². The lowest BCUT2D eigenvalue weighted by Gasteiger charge is -2.04. The number of hydrogen-bond acceptors (Lipinski definition) is 5. The lowest BCUT2D eigenvalue weighted by atomic mass is 10.1. The van der Waals surface area contributed by atoms with E-state index in [1.807, 2.05) is 7.05 Å². The van der Waals surface area contributed by atoms with Crippen LogP contribution in [-0.2, 0) is 12.2 Å². The zero-order valence-corrected chi connectivity index (χ0v) is 14.8. The molecule has 2 aromatic carbocycles. The van der Waals surface area contributed by atoms with Gasteiger partial charge in [-0.1, -0.05) is 35.5 Å². The van der Waals surface area contributed by atoms with Gasteiger partial charge in [-0.15, -0.1) is 24.2 Å². The van der Waals surface area contributed by atoms with Gasteiger partial charge in [-0.3, -0.25) is 0 Å². The quantitative estimate of drug-likeness (QED) is 0.679. The summed E-state index contributed by atoms with van der Waals surface area (Å²) >= 11 is 1.71. The molecule has 0 radical (unpaired) electrons. The Morgan fingerprint density at radius 1 is 1.17 bits per heavy atom. The summed E-state index contributed by atoms with van der Waals surface area (Å²) in [7, 11) is 1.93. The molecule has 122 valence electrons. The van der Waals surface area contributed by atoms with Gasteiger partial charge in [0.05, 0.1) is 5.75 Å². The highest BCUT2D eigenvalue weighted by molar-refractivity contribution is 7.98. The molecule has 4 nitrogen and oxygen atoms in total. The van der Waals surface area contributed by atoms with Gasteiger partial charge in [0.25, 0.3) is 0 Å². The van der Waals surface area contributed by atoms with E-state index in [9.17, 15) is 0 Å². The van der Waals surface area contributed by atoms with E-state index in [2.05, 4.69) is 64.8 Å². The predicted molar refractivity (Wildman–Crippen MR) is 97.3 cm³/mol. The predicted octanol–water partition coefficient (Wildman–Crippen LogP) is 4.09. The van der Waals surface area contributed by atoms with Gasteiger partial charge >= 0.3 is 0 Å². The smallest absolute Gasteiger partial charge is 0.237 e. The van der Waals surface area contributed by atoms with Gasteiger partial charge in [-0.05, 0) is 36.9 Å². The molecule has 0 saturated carbocycles. The van der Waals surface area contributed by atoms with Crippen LogP contribution in [0, 0.1) is 0 Å². The van der Waals surface area contributed by atoms with Crippen LogP contribution in [-0.4, -0.2) is 23.2 Å². The van der Waals surface area contributed by atoms with Crippen LogP contribution in [0.5, 0.6) is 0 Å². The molecule has 3 aromatic rings. The monoisotopic (exact) mass is 349 g/mol. The maximum atomic E-state index is 5.31. The molecule has 0 fully saturated rings. The molecule has 0 spiro atoms. The zero-order chi connectivity index (χ0) is 15.4. The van der Waals surface area contributed by atoms with Crippen molar-refractivity contribution in [1.29, 1.82) is 0 Å². The van der Waals surface area contributed by atoms with Crippen molar-refractivity contribution in [1.82, 2.24) is 15.5 Å². The van der Waals surface area contributed by atoms with Crippen LogP contribution in [0.3, 0.4) is 0 Å². The summed E-state index contributed by atoms with van der Waals surface area (Å²) in [5.74, 6) is 2.13. The van der Waals surface area contributed by atoms with Crippen molar-refractivity contribution in [3.05, 3.63) is 54.2 Å². The molecule has 0 amide bonds. The first-order chi connectivity index (χ1) is 10.7. The highest BCUT2D eigenvalue weighted by Crippen LogP contribution is 2.26. The summed E-state index contributed by atoms with van der Waals surface area (Å²) in [4.78, 5) is 5.65. The van der Waals surface area contributed by atoms with Crippen molar-refractivity contribution in [3.8, 4) is 0 Å². The minimum Gasteiger partial charge on any atom is -0.338 e. The molecular weight excluding hydrogens is 330 g/mol. The Labute approximate surface area is 146 Å². The Bertz CT molecular complexity index is 762. The maximum Gasteiger partial charge on any atom is 0.237 e. The van der Waals surface area contributed by atoms with Crippen LogP contribution in [0.25, 0.3) is 10.8 Å². The van der Waals surface area contributed by atoms with Crippen molar-refractivity contribution in [2.45, 2.75) is 30.0 Å². The second kappa shape index (κ2) is 8.34. The third-order valence-electron chi connectivity index (χ3n) is 3.57. The first-order valence-electron chi connectivity index (χ1n) is 7.35. The molecule has 1 aromatic heterocycles. The molecule has 0 aliphatic heterocycles.